The average molecular weight is 664 g/mol. The average Bonchev–Trinajstić information content (AvgIpc) is 3.60. The van der Waals surface area contributed by atoms with Gasteiger partial charge in [-0.15, -0.1) is 0 Å². The summed E-state index contributed by atoms with van der Waals surface area (Å²) in [5.41, 5.74) is 12.2. The van der Waals surface area contributed by atoms with Gasteiger partial charge in [-0.05, 0) is 91.8 Å². The maximum absolute atomic E-state index is 6.38. The molecule has 0 atom stereocenters. The van der Waals surface area contributed by atoms with E-state index in [1.54, 1.807) is 0 Å². The van der Waals surface area contributed by atoms with Crippen LogP contribution in [0.2, 0.25) is 0 Å². The lowest BCUT2D eigenvalue weighted by Gasteiger charge is -2.26. The van der Waals surface area contributed by atoms with Crippen molar-refractivity contribution in [3.05, 3.63) is 200 Å². The Morgan fingerprint density at radius 2 is 0.808 bits per heavy atom. The molecule has 1 heterocycles. The molecule has 52 heavy (non-hydrogen) atoms. The van der Waals surface area contributed by atoms with Crippen LogP contribution in [0.25, 0.3) is 76.9 Å². The summed E-state index contributed by atoms with van der Waals surface area (Å²) in [6, 6.07) is 71.7. The Labute approximate surface area is 302 Å². The Morgan fingerprint density at radius 1 is 0.308 bits per heavy atom. The lowest BCUT2D eigenvalue weighted by Crippen LogP contribution is -2.09. The predicted octanol–water partition coefficient (Wildman–Crippen LogP) is 14.4. The zero-order valence-corrected chi connectivity index (χ0v) is 28.4. The van der Waals surface area contributed by atoms with Crippen LogP contribution >= 0.6 is 0 Å². The molecule has 0 aliphatic rings. The van der Waals surface area contributed by atoms with Gasteiger partial charge in [-0.2, -0.15) is 0 Å². The van der Waals surface area contributed by atoms with Crippen molar-refractivity contribution in [2.75, 3.05) is 4.90 Å². The predicted molar refractivity (Wildman–Crippen MR) is 220 cm³/mol. The van der Waals surface area contributed by atoms with E-state index in [0.717, 1.165) is 50.1 Å². The largest absolute Gasteiger partial charge is 0.455 e. The highest BCUT2D eigenvalue weighted by atomic mass is 16.3. The zero-order valence-electron chi connectivity index (χ0n) is 28.4. The van der Waals surface area contributed by atoms with E-state index in [-0.39, 0.29) is 0 Å². The second-order valence-corrected chi connectivity index (χ2v) is 13.3. The van der Waals surface area contributed by atoms with E-state index in [4.69, 9.17) is 4.42 Å². The van der Waals surface area contributed by atoms with E-state index in [1.807, 2.05) is 12.1 Å². The first kappa shape index (κ1) is 30.0. The topological polar surface area (TPSA) is 16.4 Å². The molecule has 0 bridgehead atoms. The van der Waals surface area contributed by atoms with Crippen molar-refractivity contribution in [2.45, 2.75) is 0 Å². The molecule has 244 valence electrons. The van der Waals surface area contributed by atoms with Gasteiger partial charge in [0.25, 0.3) is 0 Å². The summed E-state index contributed by atoms with van der Waals surface area (Å²) >= 11 is 0. The van der Waals surface area contributed by atoms with Gasteiger partial charge in [0.15, 0.2) is 0 Å². The molecule has 10 rings (SSSR count). The quantitative estimate of drug-likeness (QED) is 0.176. The Kier molecular flexibility index (Phi) is 7.18. The monoisotopic (exact) mass is 663 g/mol. The van der Waals surface area contributed by atoms with Gasteiger partial charge in [0, 0.05) is 33.4 Å². The van der Waals surface area contributed by atoms with Crippen molar-refractivity contribution in [1.82, 2.24) is 0 Å². The highest BCUT2D eigenvalue weighted by Crippen LogP contribution is 2.40. The first-order valence-electron chi connectivity index (χ1n) is 17.8. The van der Waals surface area contributed by atoms with Crippen molar-refractivity contribution in [2.24, 2.45) is 0 Å². The van der Waals surface area contributed by atoms with Gasteiger partial charge in [0.1, 0.15) is 11.2 Å². The summed E-state index contributed by atoms with van der Waals surface area (Å²) in [7, 11) is 0. The number of anilines is 3. The molecule has 0 unspecified atom stereocenters. The third-order valence-electron chi connectivity index (χ3n) is 10.3. The number of fused-ring (bicyclic) bond motifs is 5. The van der Waals surface area contributed by atoms with Crippen molar-refractivity contribution in [1.29, 1.82) is 0 Å². The fourth-order valence-corrected chi connectivity index (χ4v) is 7.65. The van der Waals surface area contributed by atoms with E-state index in [1.165, 1.54) is 43.8 Å². The van der Waals surface area contributed by atoms with Crippen LogP contribution in [0.4, 0.5) is 17.1 Å². The van der Waals surface area contributed by atoms with Crippen LogP contribution in [0.3, 0.4) is 0 Å². The standard InChI is InChI=1S/C50H33NO/c1-2-11-40-33-43(32-25-34(40)9-1)51(42-30-26-39(27-31-42)46-16-8-17-48-47-14-5-6-18-49(47)52-50(46)48)41-28-23-36(24-29-41)35-19-21-38(22-20-35)45-15-7-12-37-10-3-4-13-44(37)45/h1-33H. The molecule has 1 aromatic heterocycles. The second kappa shape index (κ2) is 12.5. The molecule has 0 fully saturated rings. The highest BCUT2D eigenvalue weighted by Gasteiger charge is 2.16. The lowest BCUT2D eigenvalue weighted by atomic mass is 9.96. The Balaban J connectivity index is 1.01. The zero-order chi connectivity index (χ0) is 34.4. The minimum atomic E-state index is 0.910. The Morgan fingerprint density at radius 3 is 1.58 bits per heavy atom. The first-order chi connectivity index (χ1) is 25.8. The van der Waals surface area contributed by atoms with Crippen molar-refractivity contribution in [3.8, 4) is 33.4 Å². The van der Waals surface area contributed by atoms with Crippen LogP contribution in [0.1, 0.15) is 0 Å². The molecule has 0 aliphatic heterocycles. The van der Waals surface area contributed by atoms with Crippen LogP contribution in [0, 0.1) is 0 Å². The number of rotatable bonds is 6. The van der Waals surface area contributed by atoms with Crippen LogP contribution in [-0.4, -0.2) is 0 Å². The molecule has 0 saturated carbocycles. The van der Waals surface area contributed by atoms with Gasteiger partial charge < -0.3 is 9.32 Å². The smallest absolute Gasteiger partial charge is 0.143 e. The van der Waals surface area contributed by atoms with Gasteiger partial charge in [0.2, 0.25) is 0 Å². The van der Waals surface area contributed by atoms with Gasteiger partial charge >= 0.3 is 0 Å². The van der Waals surface area contributed by atoms with Crippen LogP contribution in [0.15, 0.2) is 205 Å². The number of furan rings is 1. The molecule has 0 spiro atoms. The number of benzene rings is 9. The summed E-state index contributed by atoms with van der Waals surface area (Å²) in [6.07, 6.45) is 0. The second-order valence-electron chi connectivity index (χ2n) is 13.3. The maximum Gasteiger partial charge on any atom is 0.143 e. The molecular formula is C50H33NO. The summed E-state index contributed by atoms with van der Waals surface area (Å²) in [4.78, 5) is 2.34. The summed E-state index contributed by atoms with van der Waals surface area (Å²) in [5, 5.41) is 7.24. The van der Waals surface area contributed by atoms with Gasteiger partial charge in [-0.25, -0.2) is 0 Å². The summed E-state index contributed by atoms with van der Waals surface area (Å²) < 4.78 is 6.38. The van der Waals surface area contributed by atoms with E-state index in [2.05, 4.69) is 193 Å². The number of hydrogen-bond donors (Lipinski definition) is 0. The fraction of sp³-hybridized carbons (Fsp3) is 0. The van der Waals surface area contributed by atoms with Crippen LogP contribution in [-0.2, 0) is 0 Å². The fourth-order valence-electron chi connectivity index (χ4n) is 7.65. The maximum atomic E-state index is 6.38. The van der Waals surface area contributed by atoms with E-state index < -0.39 is 0 Å². The van der Waals surface area contributed by atoms with Crippen molar-refractivity contribution in [3.63, 3.8) is 0 Å². The van der Waals surface area contributed by atoms with Gasteiger partial charge in [-0.1, -0.05) is 158 Å². The minimum absolute atomic E-state index is 0.910. The third kappa shape index (κ3) is 5.21. The van der Waals surface area contributed by atoms with Crippen LogP contribution in [0.5, 0.6) is 0 Å². The molecule has 0 radical (unpaired) electrons. The van der Waals surface area contributed by atoms with Crippen LogP contribution < -0.4 is 4.90 Å². The summed E-state index contributed by atoms with van der Waals surface area (Å²) in [6.45, 7) is 0. The molecule has 2 nitrogen and oxygen atoms in total. The molecule has 9 aromatic carbocycles. The van der Waals surface area contributed by atoms with E-state index in [9.17, 15) is 0 Å². The first-order valence-corrected chi connectivity index (χ1v) is 17.8. The van der Waals surface area contributed by atoms with Crippen molar-refractivity contribution < 1.29 is 4.42 Å². The minimum Gasteiger partial charge on any atom is -0.455 e. The van der Waals surface area contributed by atoms with E-state index >= 15 is 0 Å². The molecule has 0 saturated heterocycles. The van der Waals surface area contributed by atoms with Gasteiger partial charge in [0.05, 0.1) is 0 Å². The van der Waals surface area contributed by atoms with E-state index in [0.29, 0.717) is 0 Å². The number of nitrogens with zero attached hydrogens (tertiary/aromatic N) is 1. The number of para-hydroxylation sites is 2. The molecule has 2 heteroatoms. The number of hydrogen-bond acceptors (Lipinski definition) is 2. The highest BCUT2D eigenvalue weighted by molar-refractivity contribution is 6.09. The molecule has 10 aromatic rings. The third-order valence-corrected chi connectivity index (χ3v) is 10.3. The lowest BCUT2D eigenvalue weighted by molar-refractivity contribution is 0.670. The van der Waals surface area contributed by atoms with Gasteiger partial charge in [-0.3, -0.25) is 0 Å². The molecular weight excluding hydrogens is 631 g/mol. The van der Waals surface area contributed by atoms with Crippen molar-refractivity contribution >= 4 is 60.5 Å². The normalized spacial score (nSPS) is 11.5. The Hall–Kier alpha value is -6.90. The summed E-state index contributed by atoms with van der Waals surface area (Å²) in [5.74, 6) is 0. The Bertz CT molecular complexity index is 2880. The molecule has 0 N–H and O–H groups in total. The SMILES string of the molecule is c1ccc2cc(N(c3ccc(-c4ccc(-c5cccc6ccccc56)cc4)cc3)c3ccc(-c4cccc5c4oc4ccccc45)cc3)ccc2c1. The molecule has 0 aliphatic carbocycles. The molecule has 0 amide bonds.